The second-order valence-corrected chi connectivity index (χ2v) is 4.69. The van der Waals surface area contributed by atoms with Gasteiger partial charge in [0.15, 0.2) is 0 Å². The van der Waals surface area contributed by atoms with Crippen LogP contribution in [0.3, 0.4) is 0 Å². The predicted molar refractivity (Wildman–Crippen MR) is 68.3 cm³/mol. The Morgan fingerprint density at radius 2 is 2.33 bits per heavy atom. The summed E-state index contributed by atoms with van der Waals surface area (Å²) in [6.45, 7) is 5.77. The summed E-state index contributed by atoms with van der Waals surface area (Å²) < 4.78 is 0. The minimum absolute atomic E-state index is 0.225. The molecule has 0 spiro atoms. The van der Waals surface area contributed by atoms with Crippen LogP contribution in [0.25, 0.3) is 0 Å². The molecule has 1 amide bonds. The number of nitriles is 1. The summed E-state index contributed by atoms with van der Waals surface area (Å²) in [6, 6.07) is 5.57. The van der Waals surface area contributed by atoms with Gasteiger partial charge in [0.1, 0.15) is 11.8 Å². The van der Waals surface area contributed by atoms with Gasteiger partial charge in [-0.25, -0.2) is 4.98 Å². The molecule has 0 saturated heterocycles. The van der Waals surface area contributed by atoms with Crippen LogP contribution in [-0.2, 0) is 11.3 Å². The third-order valence-electron chi connectivity index (χ3n) is 2.35. The number of hydrogen-bond acceptors (Lipinski definition) is 4. The Morgan fingerprint density at radius 3 is 2.89 bits per heavy atom. The number of hydrogen-bond donors (Lipinski definition) is 1. The Hall–Kier alpha value is -1.93. The van der Waals surface area contributed by atoms with Gasteiger partial charge in [-0.15, -0.1) is 0 Å². The summed E-state index contributed by atoms with van der Waals surface area (Å²) in [7, 11) is 0. The van der Waals surface area contributed by atoms with Crippen molar-refractivity contribution >= 4 is 5.91 Å². The zero-order chi connectivity index (χ0) is 13.5. The number of nitrogens with two attached hydrogens (primary N) is 1. The molecule has 1 aromatic rings. The molecular formula is C13H18N4O. The molecule has 0 aromatic carbocycles. The zero-order valence-electron chi connectivity index (χ0n) is 10.8. The molecule has 96 valence electrons. The van der Waals surface area contributed by atoms with Crippen LogP contribution < -0.4 is 5.73 Å². The van der Waals surface area contributed by atoms with E-state index in [9.17, 15) is 4.79 Å². The van der Waals surface area contributed by atoms with Crippen molar-refractivity contribution in [3.63, 3.8) is 0 Å². The number of nitrogens with zero attached hydrogens (tertiary/aromatic N) is 3. The average Bonchev–Trinajstić information content (AvgIpc) is 2.27. The average molecular weight is 246 g/mol. The maximum Gasteiger partial charge on any atom is 0.231 e. The highest BCUT2D eigenvalue weighted by molar-refractivity contribution is 5.75. The Kier molecular flexibility index (Phi) is 5.28. The molecule has 0 atom stereocenters. The third-order valence-corrected chi connectivity index (χ3v) is 2.35. The molecular weight excluding hydrogens is 228 g/mol. The molecule has 5 heteroatoms. The van der Waals surface area contributed by atoms with Crippen LogP contribution in [0.4, 0.5) is 0 Å². The second-order valence-electron chi connectivity index (χ2n) is 4.69. The van der Waals surface area contributed by atoms with Gasteiger partial charge in [-0.05, 0) is 23.6 Å². The summed E-state index contributed by atoms with van der Waals surface area (Å²) in [5.41, 5.74) is 6.58. The van der Waals surface area contributed by atoms with Crippen LogP contribution in [0.15, 0.2) is 18.3 Å². The number of carbonyl (C=O) groups excluding carboxylic acids is 1. The minimum Gasteiger partial charge on any atom is -0.369 e. The molecule has 0 radical (unpaired) electrons. The molecule has 1 rings (SSSR count). The highest BCUT2D eigenvalue weighted by Crippen LogP contribution is 2.07. The number of rotatable bonds is 6. The third kappa shape index (κ3) is 4.93. The van der Waals surface area contributed by atoms with Crippen molar-refractivity contribution in [3.05, 3.63) is 29.6 Å². The first-order valence-electron chi connectivity index (χ1n) is 5.87. The number of primary amides is 1. The molecule has 0 aliphatic rings. The molecule has 0 aliphatic carbocycles. The van der Waals surface area contributed by atoms with E-state index < -0.39 is 0 Å². The topological polar surface area (TPSA) is 83.0 Å². The van der Waals surface area contributed by atoms with Crippen LogP contribution in [0.2, 0.25) is 0 Å². The quantitative estimate of drug-likeness (QED) is 0.808. The highest BCUT2D eigenvalue weighted by atomic mass is 16.1. The van der Waals surface area contributed by atoms with Crippen molar-refractivity contribution in [1.82, 2.24) is 9.88 Å². The Morgan fingerprint density at radius 1 is 1.61 bits per heavy atom. The first kappa shape index (κ1) is 14.1. The number of amides is 1. The van der Waals surface area contributed by atoms with Crippen LogP contribution in [0.1, 0.15) is 25.1 Å². The lowest BCUT2D eigenvalue weighted by Crippen LogP contribution is -2.35. The predicted octanol–water partition coefficient (Wildman–Crippen LogP) is 0.897. The lowest BCUT2D eigenvalue weighted by Gasteiger charge is -2.22. The molecule has 1 heterocycles. The summed E-state index contributed by atoms with van der Waals surface area (Å²) >= 11 is 0. The fraction of sp³-hybridized carbons (Fsp3) is 0.462. The Balaban J connectivity index is 2.75. The van der Waals surface area contributed by atoms with Crippen molar-refractivity contribution in [2.45, 2.75) is 20.4 Å². The van der Waals surface area contributed by atoms with Crippen LogP contribution in [0.5, 0.6) is 0 Å². The summed E-state index contributed by atoms with van der Waals surface area (Å²) in [4.78, 5) is 16.9. The van der Waals surface area contributed by atoms with Gasteiger partial charge in [0.05, 0.1) is 6.54 Å². The standard InChI is InChI=1S/C13H18N4O/c1-10(2)7-17(9-13(15)18)8-11-3-4-16-12(5-11)6-14/h3-5,10H,7-9H2,1-2H3,(H2,15,18). The number of pyridine rings is 1. The van der Waals surface area contributed by atoms with E-state index in [1.54, 1.807) is 12.3 Å². The largest absolute Gasteiger partial charge is 0.369 e. The smallest absolute Gasteiger partial charge is 0.231 e. The Labute approximate surface area is 107 Å². The molecule has 0 fully saturated rings. The fourth-order valence-electron chi connectivity index (χ4n) is 1.81. The van der Waals surface area contributed by atoms with Gasteiger partial charge in [0.25, 0.3) is 0 Å². The van der Waals surface area contributed by atoms with E-state index in [0.717, 1.165) is 12.1 Å². The number of carbonyl (C=O) groups is 1. The van der Waals surface area contributed by atoms with Gasteiger partial charge in [0, 0.05) is 19.3 Å². The normalized spacial score (nSPS) is 10.6. The second kappa shape index (κ2) is 6.72. The SMILES string of the molecule is CC(C)CN(CC(N)=O)Cc1ccnc(C#N)c1. The lowest BCUT2D eigenvalue weighted by molar-refractivity contribution is -0.119. The van der Waals surface area contributed by atoms with E-state index in [4.69, 9.17) is 11.0 Å². The van der Waals surface area contributed by atoms with Crippen molar-refractivity contribution in [2.75, 3.05) is 13.1 Å². The fourth-order valence-corrected chi connectivity index (χ4v) is 1.81. The van der Waals surface area contributed by atoms with Crippen LogP contribution in [-0.4, -0.2) is 28.9 Å². The van der Waals surface area contributed by atoms with Crippen LogP contribution in [0, 0.1) is 17.2 Å². The zero-order valence-corrected chi connectivity index (χ0v) is 10.8. The first-order chi connectivity index (χ1) is 8.51. The van der Waals surface area contributed by atoms with Crippen molar-refractivity contribution in [2.24, 2.45) is 11.7 Å². The van der Waals surface area contributed by atoms with E-state index in [0.29, 0.717) is 18.2 Å². The van der Waals surface area contributed by atoms with Crippen molar-refractivity contribution in [1.29, 1.82) is 5.26 Å². The molecule has 2 N–H and O–H groups in total. The lowest BCUT2D eigenvalue weighted by atomic mass is 10.1. The van der Waals surface area contributed by atoms with Gasteiger partial charge in [-0.1, -0.05) is 13.8 Å². The van der Waals surface area contributed by atoms with E-state index in [2.05, 4.69) is 18.8 Å². The molecule has 0 bridgehead atoms. The minimum atomic E-state index is -0.342. The Bertz CT molecular complexity index is 451. The molecule has 0 aliphatic heterocycles. The molecule has 5 nitrogen and oxygen atoms in total. The van der Waals surface area contributed by atoms with E-state index in [-0.39, 0.29) is 12.5 Å². The number of aromatic nitrogens is 1. The molecule has 0 unspecified atom stereocenters. The first-order valence-corrected chi connectivity index (χ1v) is 5.87. The monoisotopic (exact) mass is 246 g/mol. The van der Waals surface area contributed by atoms with Gasteiger partial charge < -0.3 is 5.73 Å². The maximum absolute atomic E-state index is 11.0. The molecule has 18 heavy (non-hydrogen) atoms. The highest BCUT2D eigenvalue weighted by Gasteiger charge is 2.11. The van der Waals surface area contributed by atoms with E-state index in [1.807, 2.05) is 17.0 Å². The summed E-state index contributed by atoms with van der Waals surface area (Å²) in [6.07, 6.45) is 1.60. The van der Waals surface area contributed by atoms with Gasteiger partial charge in [0.2, 0.25) is 5.91 Å². The van der Waals surface area contributed by atoms with Gasteiger partial charge >= 0.3 is 0 Å². The molecule has 0 saturated carbocycles. The van der Waals surface area contributed by atoms with Crippen LogP contribution >= 0.6 is 0 Å². The van der Waals surface area contributed by atoms with Crippen molar-refractivity contribution in [3.8, 4) is 6.07 Å². The van der Waals surface area contributed by atoms with E-state index in [1.165, 1.54) is 0 Å². The molecule has 1 aromatic heterocycles. The maximum atomic E-state index is 11.0. The van der Waals surface area contributed by atoms with Gasteiger partial charge in [-0.2, -0.15) is 5.26 Å². The summed E-state index contributed by atoms with van der Waals surface area (Å²) in [5, 5.41) is 8.79. The van der Waals surface area contributed by atoms with Crippen molar-refractivity contribution < 1.29 is 4.79 Å². The van der Waals surface area contributed by atoms with Gasteiger partial charge in [-0.3, -0.25) is 9.69 Å². The van der Waals surface area contributed by atoms with E-state index >= 15 is 0 Å². The summed E-state index contributed by atoms with van der Waals surface area (Å²) in [5.74, 6) is 0.104.